The second kappa shape index (κ2) is 20.0. The maximum Gasteiger partial charge on any atom is 0.527 e. The second-order valence-electron chi connectivity index (χ2n) is 19.3. The molecule has 4 nitrogen and oxygen atoms in total. The smallest absolute Gasteiger partial charge is 0.463 e. The summed E-state index contributed by atoms with van der Waals surface area (Å²) in [5.74, 6) is 2.39. The molecule has 0 saturated heterocycles. The summed E-state index contributed by atoms with van der Waals surface area (Å²) in [5, 5.41) is 35.4. The Kier molecular flexibility index (Phi) is 12.5. The molecule has 2 N–H and O–H groups in total. The van der Waals surface area contributed by atoms with Crippen LogP contribution >= 0.6 is 15.9 Å². The van der Waals surface area contributed by atoms with Crippen molar-refractivity contribution in [2.45, 2.75) is 0 Å². The average Bonchev–Trinajstić information content (AvgIpc) is 4.23. The van der Waals surface area contributed by atoms with E-state index in [9.17, 15) is 10.0 Å². The van der Waals surface area contributed by atoms with Gasteiger partial charge in [-0.1, -0.05) is 246 Å². The van der Waals surface area contributed by atoms with Crippen LogP contribution in [0.1, 0.15) is 0 Å². The van der Waals surface area contributed by atoms with Crippen molar-refractivity contribution in [1.29, 1.82) is 0 Å². The molecule has 0 radical (unpaired) electrons. The van der Waals surface area contributed by atoms with E-state index in [-0.39, 0.29) is 26.7 Å². The molecule has 0 atom stereocenters. The average molecular weight is 1220 g/mol. The molecule has 0 spiro atoms. The van der Waals surface area contributed by atoms with Crippen LogP contribution in [0.5, 0.6) is 0 Å². The quantitative estimate of drug-likeness (QED) is 0.118. The Bertz CT molecular complexity index is 4560. The van der Waals surface area contributed by atoms with Crippen molar-refractivity contribution in [2.75, 3.05) is 0 Å². The standard InChI is InChI=1S/C38H23BrO.C32H21BO3.W/c39-30-20-16-29(17-21-30)37-35(24-8-3-1-4-9-24)36(25-10-5-2-6-11-25)38(40-37)32-23-19-28-15-14-26-12-7-13-27-18-22-31(32)34(28)33(26)27;34-33(35)32-30(21-10-5-2-6-11-21)29(20-8-3-1-4-9-20)31(36-32)26-19-17-24-15-14-22-12-7-13-23-16-18-25(26)28(24)27(22)23;/h1-23H;1-19,34-35H;. The number of hydrogen-bond acceptors (Lipinski definition) is 4. The topological polar surface area (TPSA) is 66.7 Å². The summed E-state index contributed by atoms with van der Waals surface area (Å²) < 4.78 is 14.5. The number of furan rings is 2. The molecule has 0 fully saturated rings. The van der Waals surface area contributed by atoms with Gasteiger partial charge < -0.3 is 18.9 Å². The summed E-state index contributed by atoms with van der Waals surface area (Å²) in [6.45, 7) is 0. The third kappa shape index (κ3) is 8.28. The van der Waals surface area contributed by atoms with Crippen LogP contribution in [-0.4, -0.2) is 17.2 Å². The van der Waals surface area contributed by atoms with Gasteiger partial charge in [0.25, 0.3) is 0 Å². The minimum absolute atomic E-state index is 0. The van der Waals surface area contributed by atoms with Gasteiger partial charge >= 0.3 is 7.12 Å². The Morgan fingerprint density at radius 3 is 1.04 bits per heavy atom. The molecule has 0 unspecified atom stereocenters. The van der Waals surface area contributed by atoms with Crippen molar-refractivity contribution in [3.8, 4) is 78.5 Å². The summed E-state index contributed by atoms with van der Waals surface area (Å²) >= 11 is 3.60. The molecular formula is C70H44BBrO4W. The molecule has 0 aliphatic carbocycles. The van der Waals surface area contributed by atoms with Crippen LogP contribution in [0.2, 0.25) is 0 Å². The fourth-order valence-corrected chi connectivity index (χ4v) is 11.9. The zero-order valence-corrected chi connectivity index (χ0v) is 45.8. The minimum Gasteiger partial charge on any atom is -0.463 e. The van der Waals surface area contributed by atoms with Crippen molar-refractivity contribution >= 4 is 93.3 Å². The van der Waals surface area contributed by atoms with Crippen LogP contribution in [0.15, 0.2) is 268 Å². The molecule has 0 bridgehead atoms. The van der Waals surface area contributed by atoms with E-state index in [4.69, 9.17) is 8.83 Å². The number of benzene rings is 13. The fraction of sp³-hybridized carbons (Fsp3) is 0. The van der Waals surface area contributed by atoms with Crippen molar-refractivity contribution < 1.29 is 39.9 Å². The summed E-state index contributed by atoms with van der Waals surface area (Å²) in [4.78, 5) is 0. The van der Waals surface area contributed by atoms with Crippen molar-refractivity contribution in [3.05, 3.63) is 259 Å². The third-order valence-electron chi connectivity index (χ3n) is 15.0. The van der Waals surface area contributed by atoms with Crippen molar-refractivity contribution in [3.63, 3.8) is 0 Å². The summed E-state index contributed by atoms with van der Waals surface area (Å²) in [6.07, 6.45) is 0. The molecule has 15 rings (SSSR count). The van der Waals surface area contributed by atoms with Crippen LogP contribution in [0.3, 0.4) is 0 Å². The predicted octanol–water partition coefficient (Wildman–Crippen LogP) is 18.5. The van der Waals surface area contributed by atoms with Gasteiger partial charge in [0.1, 0.15) is 22.9 Å². The number of halogens is 1. The Hall–Kier alpha value is -8.35. The maximum atomic E-state index is 10.4. The summed E-state index contributed by atoms with van der Waals surface area (Å²) in [6, 6.07) is 88.6. The molecule has 0 aliphatic rings. The molecule has 0 saturated carbocycles. The maximum absolute atomic E-state index is 10.4. The zero-order valence-electron chi connectivity index (χ0n) is 41.3. The first-order valence-corrected chi connectivity index (χ1v) is 26.3. The van der Waals surface area contributed by atoms with Gasteiger partial charge in [-0.3, -0.25) is 0 Å². The first kappa shape index (κ1) is 48.3. The fourth-order valence-electron chi connectivity index (χ4n) is 11.6. The molecular weight excluding hydrogens is 1180 g/mol. The van der Waals surface area contributed by atoms with E-state index in [0.29, 0.717) is 11.3 Å². The van der Waals surface area contributed by atoms with Gasteiger partial charge in [0, 0.05) is 64.5 Å². The number of hydrogen-bond donors (Lipinski definition) is 2. The van der Waals surface area contributed by atoms with Crippen LogP contribution in [0.4, 0.5) is 0 Å². The van der Waals surface area contributed by atoms with Crippen molar-refractivity contribution in [1.82, 2.24) is 0 Å². The van der Waals surface area contributed by atoms with Gasteiger partial charge in [-0.2, -0.15) is 0 Å². The second-order valence-corrected chi connectivity index (χ2v) is 20.3. The van der Waals surface area contributed by atoms with E-state index in [2.05, 4.69) is 210 Å². The van der Waals surface area contributed by atoms with Gasteiger partial charge in [0.05, 0.1) is 0 Å². The van der Waals surface area contributed by atoms with Crippen LogP contribution in [0, 0.1) is 0 Å². The van der Waals surface area contributed by atoms with Gasteiger partial charge in [-0.25, -0.2) is 0 Å². The van der Waals surface area contributed by atoms with Crippen LogP contribution in [-0.2, 0) is 21.1 Å². The minimum atomic E-state index is -1.75. The van der Waals surface area contributed by atoms with Gasteiger partial charge in [0.15, 0.2) is 0 Å². The first-order valence-electron chi connectivity index (χ1n) is 25.5. The monoisotopic (exact) mass is 1220 g/mol. The molecule has 13 aromatic carbocycles. The van der Waals surface area contributed by atoms with Gasteiger partial charge in [-0.15, -0.1) is 0 Å². The Morgan fingerprint density at radius 1 is 0.286 bits per heavy atom. The normalized spacial score (nSPS) is 11.5. The SMILES string of the molecule is Brc1ccc(-c2oc(-c3ccc4ccc5cccc6ccc3c4c56)c(-c3ccccc3)c2-c2ccccc2)cc1.OB(O)c1oc(-c2ccc3ccc4cccc5ccc2c3c45)c(-c2ccccc2)c1-c1ccccc1.[W]. The Balaban J connectivity index is 0.000000146. The molecule has 364 valence electrons. The molecule has 0 amide bonds. The number of rotatable bonds is 8. The molecule has 7 heteroatoms. The Morgan fingerprint density at radius 2 is 0.623 bits per heavy atom. The van der Waals surface area contributed by atoms with Crippen molar-refractivity contribution in [2.24, 2.45) is 0 Å². The van der Waals surface area contributed by atoms with Gasteiger partial charge in [0.2, 0.25) is 0 Å². The van der Waals surface area contributed by atoms with Gasteiger partial charge in [-0.05, 0) is 111 Å². The zero-order chi connectivity index (χ0) is 50.9. The van der Waals surface area contributed by atoms with E-state index in [0.717, 1.165) is 82.4 Å². The molecule has 2 aromatic heterocycles. The summed E-state index contributed by atoms with van der Waals surface area (Å²) in [5.41, 5.74) is 11.0. The van der Waals surface area contributed by atoms with E-state index in [1.54, 1.807) is 0 Å². The van der Waals surface area contributed by atoms with E-state index in [1.165, 1.54) is 53.9 Å². The van der Waals surface area contributed by atoms with E-state index < -0.39 is 7.12 Å². The van der Waals surface area contributed by atoms with E-state index >= 15 is 0 Å². The molecule has 77 heavy (non-hydrogen) atoms. The molecule has 2 heterocycles. The summed E-state index contributed by atoms with van der Waals surface area (Å²) in [7, 11) is -1.75. The van der Waals surface area contributed by atoms with E-state index in [1.807, 2.05) is 60.7 Å². The molecule has 0 aliphatic heterocycles. The first-order chi connectivity index (χ1) is 37.5. The molecule has 15 aromatic rings. The third-order valence-corrected chi connectivity index (χ3v) is 15.5. The van der Waals surface area contributed by atoms with Crippen LogP contribution < -0.4 is 5.66 Å². The Labute approximate surface area is 467 Å². The largest absolute Gasteiger partial charge is 0.527 e. The predicted molar refractivity (Wildman–Crippen MR) is 320 cm³/mol. The van der Waals surface area contributed by atoms with Crippen LogP contribution in [0.25, 0.3) is 143 Å².